The molecule has 0 aromatic rings. The fraction of sp³-hybridized carbons (Fsp3) is 0.909. The van der Waals surface area contributed by atoms with E-state index in [0.717, 1.165) is 25.7 Å². The van der Waals surface area contributed by atoms with Crippen LogP contribution in [0.1, 0.15) is 39.5 Å². The Morgan fingerprint density at radius 3 is 2.27 bits per heavy atom. The second kappa shape index (κ2) is 5.47. The van der Waals surface area contributed by atoms with Gasteiger partial charge in [0, 0.05) is 24.0 Å². The quantitative estimate of drug-likeness (QED) is 0.633. The molecule has 5 N–H and O–H groups in total. The van der Waals surface area contributed by atoms with Crippen LogP contribution in [0.2, 0.25) is 0 Å². The Bertz CT molecular complexity index is 210. The smallest absolute Gasteiger partial charge is 0.224 e. The molecule has 4 nitrogen and oxygen atoms in total. The number of hydrogen-bond acceptors (Lipinski definition) is 3. The molecular formula is C11H23N3O. The maximum absolute atomic E-state index is 11.7. The molecule has 0 heterocycles. The van der Waals surface area contributed by atoms with Crippen LogP contribution in [-0.2, 0) is 4.79 Å². The van der Waals surface area contributed by atoms with Gasteiger partial charge >= 0.3 is 0 Å². The van der Waals surface area contributed by atoms with Crippen molar-refractivity contribution in [3.05, 3.63) is 0 Å². The van der Waals surface area contributed by atoms with Crippen LogP contribution in [-0.4, -0.2) is 24.0 Å². The molecule has 0 aromatic heterocycles. The summed E-state index contributed by atoms with van der Waals surface area (Å²) >= 11 is 0. The Labute approximate surface area is 91.8 Å². The molecule has 0 spiro atoms. The summed E-state index contributed by atoms with van der Waals surface area (Å²) in [6.45, 7) is 3.73. The van der Waals surface area contributed by atoms with Gasteiger partial charge in [0.1, 0.15) is 0 Å². The van der Waals surface area contributed by atoms with E-state index in [2.05, 4.69) is 5.32 Å². The first kappa shape index (κ1) is 12.5. The van der Waals surface area contributed by atoms with Gasteiger partial charge in [-0.2, -0.15) is 0 Å². The Morgan fingerprint density at radius 1 is 1.27 bits per heavy atom. The molecule has 0 aliphatic heterocycles. The van der Waals surface area contributed by atoms with Crippen LogP contribution in [0.25, 0.3) is 0 Å². The summed E-state index contributed by atoms with van der Waals surface area (Å²) in [5.74, 6) is -0.0360. The molecule has 2 unspecified atom stereocenters. The third-order valence-corrected chi connectivity index (χ3v) is 3.32. The number of nitrogens with one attached hydrogen (secondary N) is 1. The van der Waals surface area contributed by atoms with Gasteiger partial charge in [0.05, 0.1) is 0 Å². The van der Waals surface area contributed by atoms with Crippen molar-refractivity contribution in [1.82, 2.24) is 5.32 Å². The zero-order valence-electron chi connectivity index (χ0n) is 9.70. The Hall–Kier alpha value is -0.610. The second-order valence-corrected chi connectivity index (χ2v) is 4.77. The van der Waals surface area contributed by atoms with Gasteiger partial charge in [-0.3, -0.25) is 4.79 Å². The van der Waals surface area contributed by atoms with Crippen molar-refractivity contribution in [2.45, 2.75) is 57.7 Å². The maximum Gasteiger partial charge on any atom is 0.224 e. The minimum absolute atomic E-state index is 0.0745. The number of rotatable bonds is 3. The van der Waals surface area contributed by atoms with E-state index in [1.807, 2.05) is 13.8 Å². The number of carbonyl (C=O) groups is 1. The summed E-state index contributed by atoms with van der Waals surface area (Å²) in [5, 5.41) is 3.05. The molecule has 15 heavy (non-hydrogen) atoms. The zero-order valence-corrected chi connectivity index (χ0v) is 9.70. The Balaban J connectivity index is 2.32. The van der Waals surface area contributed by atoms with Crippen LogP contribution in [0, 0.1) is 5.92 Å². The van der Waals surface area contributed by atoms with Gasteiger partial charge in [0.25, 0.3) is 0 Å². The summed E-state index contributed by atoms with van der Waals surface area (Å²) in [4.78, 5) is 11.7. The van der Waals surface area contributed by atoms with Crippen LogP contribution < -0.4 is 16.8 Å². The number of carbonyl (C=O) groups excluding carboxylic acids is 1. The summed E-state index contributed by atoms with van der Waals surface area (Å²) in [6.07, 6.45) is 4.02. The fourth-order valence-electron chi connectivity index (χ4n) is 1.83. The van der Waals surface area contributed by atoms with E-state index in [4.69, 9.17) is 11.5 Å². The first-order valence-electron chi connectivity index (χ1n) is 5.82. The molecule has 1 saturated carbocycles. The molecule has 0 radical (unpaired) electrons. The summed E-state index contributed by atoms with van der Waals surface area (Å²) in [5.41, 5.74) is 11.5. The molecule has 1 aliphatic carbocycles. The summed E-state index contributed by atoms with van der Waals surface area (Å²) in [6, 6.07) is 0.540. The molecule has 1 rings (SSSR count). The normalized spacial score (nSPS) is 30.7. The summed E-state index contributed by atoms with van der Waals surface area (Å²) in [7, 11) is 0. The lowest BCUT2D eigenvalue weighted by molar-refractivity contribution is -0.125. The maximum atomic E-state index is 11.7. The van der Waals surface area contributed by atoms with Crippen molar-refractivity contribution in [2.75, 3.05) is 0 Å². The average Bonchev–Trinajstić information content (AvgIpc) is 2.20. The van der Waals surface area contributed by atoms with Gasteiger partial charge < -0.3 is 16.8 Å². The van der Waals surface area contributed by atoms with Crippen LogP contribution in [0.4, 0.5) is 0 Å². The first-order chi connectivity index (χ1) is 7.00. The highest BCUT2D eigenvalue weighted by Gasteiger charge is 2.23. The van der Waals surface area contributed by atoms with Gasteiger partial charge in [0.15, 0.2) is 0 Å². The molecule has 0 aromatic carbocycles. The summed E-state index contributed by atoms with van der Waals surface area (Å²) < 4.78 is 0. The SMILES string of the molecule is CC(N)C(C)C(=O)NC1CCC(N)CC1. The lowest BCUT2D eigenvalue weighted by Gasteiger charge is -2.28. The van der Waals surface area contributed by atoms with Gasteiger partial charge in [0.2, 0.25) is 5.91 Å². The highest BCUT2D eigenvalue weighted by atomic mass is 16.1. The van der Waals surface area contributed by atoms with Crippen LogP contribution in [0.5, 0.6) is 0 Å². The molecule has 88 valence electrons. The highest BCUT2D eigenvalue weighted by Crippen LogP contribution is 2.17. The van der Waals surface area contributed by atoms with Gasteiger partial charge in [-0.05, 0) is 32.6 Å². The van der Waals surface area contributed by atoms with Crippen molar-refractivity contribution in [1.29, 1.82) is 0 Å². The van der Waals surface area contributed by atoms with Crippen molar-refractivity contribution >= 4 is 5.91 Å². The van der Waals surface area contributed by atoms with Crippen LogP contribution in [0.15, 0.2) is 0 Å². The van der Waals surface area contributed by atoms with E-state index in [-0.39, 0.29) is 17.9 Å². The molecule has 1 amide bonds. The molecule has 2 atom stereocenters. The second-order valence-electron chi connectivity index (χ2n) is 4.77. The highest BCUT2D eigenvalue weighted by molar-refractivity contribution is 5.79. The minimum atomic E-state index is -0.111. The lowest BCUT2D eigenvalue weighted by Crippen LogP contribution is -2.45. The molecule has 0 bridgehead atoms. The molecule has 4 heteroatoms. The van der Waals surface area contributed by atoms with E-state index in [9.17, 15) is 4.79 Å². The topological polar surface area (TPSA) is 81.1 Å². The largest absolute Gasteiger partial charge is 0.353 e. The van der Waals surface area contributed by atoms with E-state index in [1.165, 1.54) is 0 Å². The van der Waals surface area contributed by atoms with Gasteiger partial charge in [-0.25, -0.2) is 0 Å². The third-order valence-electron chi connectivity index (χ3n) is 3.32. The molecular weight excluding hydrogens is 190 g/mol. The predicted molar refractivity (Wildman–Crippen MR) is 61.2 cm³/mol. The standard InChI is InChI=1S/C11H23N3O/c1-7(8(2)12)11(15)14-10-5-3-9(13)4-6-10/h7-10H,3-6,12-13H2,1-2H3,(H,14,15). The van der Waals surface area contributed by atoms with Crippen molar-refractivity contribution in [2.24, 2.45) is 17.4 Å². The third kappa shape index (κ3) is 3.80. The number of amides is 1. The zero-order chi connectivity index (χ0) is 11.4. The van der Waals surface area contributed by atoms with Crippen LogP contribution >= 0.6 is 0 Å². The van der Waals surface area contributed by atoms with Crippen molar-refractivity contribution < 1.29 is 4.79 Å². The fourth-order valence-corrected chi connectivity index (χ4v) is 1.83. The van der Waals surface area contributed by atoms with Crippen LogP contribution in [0.3, 0.4) is 0 Å². The lowest BCUT2D eigenvalue weighted by atomic mass is 9.91. The molecule has 1 aliphatic rings. The van der Waals surface area contributed by atoms with E-state index in [0.29, 0.717) is 12.1 Å². The Morgan fingerprint density at radius 2 is 1.80 bits per heavy atom. The van der Waals surface area contributed by atoms with E-state index >= 15 is 0 Å². The van der Waals surface area contributed by atoms with E-state index in [1.54, 1.807) is 0 Å². The minimum Gasteiger partial charge on any atom is -0.353 e. The van der Waals surface area contributed by atoms with Gasteiger partial charge in [-0.15, -0.1) is 0 Å². The Kier molecular flexibility index (Phi) is 4.54. The first-order valence-corrected chi connectivity index (χ1v) is 5.82. The predicted octanol–water partition coefficient (Wildman–Crippen LogP) is 0.356. The van der Waals surface area contributed by atoms with Crippen molar-refractivity contribution in [3.63, 3.8) is 0 Å². The van der Waals surface area contributed by atoms with Crippen molar-refractivity contribution in [3.8, 4) is 0 Å². The van der Waals surface area contributed by atoms with Gasteiger partial charge in [-0.1, -0.05) is 6.92 Å². The average molecular weight is 213 g/mol. The monoisotopic (exact) mass is 213 g/mol. The number of hydrogen-bond donors (Lipinski definition) is 3. The molecule has 1 fully saturated rings. The van der Waals surface area contributed by atoms with E-state index < -0.39 is 0 Å². The number of nitrogens with two attached hydrogens (primary N) is 2. The molecule has 0 saturated heterocycles.